The monoisotopic (exact) mass is 1970 g/mol. The van der Waals surface area contributed by atoms with Gasteiger partial charge in [-0.25, -0.2) is 19.2 Å². The number of benzene rings is 7. The van der Waals surface area contributed by atoms with Gasteiger partial charge in [-0.05, 0) is 380 Å². The Labute approximate surface area is 853 Å². The van der Waals surface area contributed by atoms with Gasteiger partial charge in [-0.2, -0.15) is 0 Å². The van der Waals surface area contributed by atoms with Crippen LogP contribution in [0.15, 0.2) is 146 Å². The van der Waals surface area contributed by atoms with Crippen LogP contribution in [0.4, 0.5) is 0 Å². The van der Waals surface area contributed by atoms with E-state index < -0.39 is 28.4 Å². The van der Waals surface area contributed by atoms with Gasteiger partial charge in [0, 0.05) is 71.6 Å². The summed E-state index contributed by atoms with van der Waals surface area (Å²) in [5.74, 6) is 9.46. The number of piperidine rings is 6. The molecule has 24 nitrogen and oxygen atoms in total. The topological polar surface area (TPSA) is 285 Å². The van der Waals surface area contributed by atoms with Gasteiger partial charge in [0.05, 0.1) is 65.3 Å². The van der Waals surface area contributed by atoms with Gasteiger partial charge in [0.15, 0.2) is 23.0 Å². The highest BCUT2D eigenvalue weighted by atomic mass is 16.6. The lowest BCUT2D eigenvalue weighted by molar-refractivity contribution is -0.165. The Bertz CT molecular complexity index is 5300. The van der Waals surface area contributed by atoms with Crippen LogP contribution in [0, 0.1) is 61.2 Å². The van der Waals surface area contributed by atoms with E-state index in [2.05, 4.69) is 172 Å². The Morgan fingerprint density at radius 2 is 0.797 bits per heavy atom. The summed E-state index contributed by atoms with van der Waals surface area (Å²) in [6, 6.07) is 45.8. The molecule has 0 saturated carbocycles. The average molecular weight is 1970 g/mol. The third kappa shape index (κ3) is 34.2. The number of hydrogen-bond acceptors (Lipinski definition) is 24. The van der Waals surface area contributed by atoms with E-state index in [0.29, 0.717) is 93.1 Å². The highest BCUT2D eigenvalue weighted by molar-refractivity contribution is 5.98. The number of nitrogens with one attached hydrogen (secondary N) is 6. The average Bonchev–Trinajstić information content (AvgIpc) is 0.797. The van der Waals surface area contributed by atoms with Crippen molar-refractivity contribution in [2.24, 2.45) is 35.5 Å². The molecule has 143 heavy (non-hydrogen) atoms. The molecule has 8 aliphatic rings. The first-order valence-electron chi connectivity index (χ1n) is 52.2. The number of carbonyl (C=O) groups is 6. The summed E-state index contributed by atoms with van der Waals surface area (Å²) in [7, 11) is 9.27. The Kier molecular flexibility index (Phi) is 44.3. The Morgan fingerprint density at radius 3 is 1.30 bits per heavy atom. The van der Waals surface area contributed by atoms with Crippen LogP contribution >= 0.6 is 0 Å². The maximum absolute atomic E-state index is 12.9. The van der Waals surface area contributed by atoms with Crippen molar-refractivity contribution in [1.29, 1.82) is 0 Å². The number of fused-ring (bicyclic) bond motifs is 2. The normalized spacial score (nSPS) is 17.4. The number of ether oxygens (including phenoxy) is 12. The first-order valence-corrected chi connectivity index (χ1v) is 52.2. The highest BCUT2D eigenvalue weighted by Gasteiger charge is 2.42. The van der Waals surface area contributed by atoms with Crippen LogP contribution in [-0.2, 0) is 73.3 Å². The largest absolute Gasteiger partial charge is 0.495 e. The minimum absolute atomic E-state index is 0.0318. The zero-order valence-corrected chi connectivity index (χ0v) is 89.4. The SMILES string of the molecule is CC(C)(OC(=O)C1CCCc2ccccc21)C1CCNCC1.CC(C)(OC(=O)c1cccc2c1CCCC2)C1CCNCC1.COc1cc(OC)c(OC)cc1C#CC(=O)OC(C)(C)C1CCNCC1.COc1ccc(/C=C/C(=O)OC(C)(C)C2CCNCC2)c(OC)c1OC.Cc1ccc(-c2ccccc2C(=O)OC(C)(C)C2CCNCC2)cc1.Cc1ccc(CCCC(=O)OC(C)(C)C2CCNCC2)cc1. The standard InChI is InChI=1S/C22H27NO2.C20H29NO5.C20H27NO5.2C19H27NO2.C19H29NO2/c1-16-8-10-17(11-9-16)19-6-4-5-7-20(19)21(24)25-22(2,3)18-12-14-23-15-13-18;1-20(2,15-10-12-21-13-11-15)26-17(22)9-7-14-6-8-16(23-3)19(25-5)18(14)24-4;1-20(2,15-8-10-21-11-9-15)26-19(22)7-6-14-12-17(24-4)18(25-5)13-16(14)23-3;2*1-19(2,15-10-12-20-13-11-15)22-18(21)17-9-5-7-14-6-3-4-8-16(14)17;1-15-7-9-16(10-8-15)5-4-6-18(21)22-19(2,3)17-11-13-20-14-12-17/h4-11,18,23H,12-15H2,1-3H3;6-9,15,21H,10-13H2,1-5H3;12-13,15,21H,8-11H2,1-5H3;5,7,9,15,20H,3-4,6,8,10-13H2,1-2H3;3-4,6,8,15,17,20H,5,7,9-13H2,1-2H3;7-10,17,20H,4-6,11-14H2,1-3H3/b;9-7+;;;;. The molecule has 24 heteroatoms. The summed E-state index contributed by atoms with van der Waals surface area (Å²) < 4.78 is 67.0. The van der Waals surface area contributed by atoms with E-state index in [0.717, 1.165) is 217 Å². The van der Waals surface area contributed by atoms with Crippen molar-refractivity contribution in [3.63, 3.8) is 0 Å². The van der Waals surface area contributed by atoms with Crippen LogP contribution < -0.4 is 60.3 Å². The summed E-state index contributed by atoms with van der Waals surface area (Å²) in [4.78, 5) is 75.1. The predicted octanol–water partition coefficient (Wildman–Crippen LogP) is 20.6. The van der Waals surface area contributed by atoms with Gasteiger partial charge in [0.25, 0.3) is 0 Å². The minimum atomic E-state index is -0.551. The number of esters is 6. The zero-order valence-electron chi connectivity index (χ0n) is 89.4. The van der Waals surface area contributed by atoms with Crippen LogP contribution in [0.5, 0.6) is 34.5 Å². The molecule has 7 aromatic carbocycles. The molecule has 6 fully saturated rings. The first kappa shape index (κ1) is 114. The Morgan fingerprint density at radius 1 is 0.378 bits per heavy atom. The predicted molar refractivity (Wildman–Crippen MR) is 567 cm³/mol. The molecule has 0 aromatic heterocycles. The minimum Gasteiger partial charge on any atom is -0.495 e. The quantitative estimate of drug-likeness (QED) is 0.0115. The lowest BCUT2D eigenvalue weighted by Gasteiger charge is -2.38. The van der Waals surface area contributed by atoms with E-state index in [1.54, 1.807) is 52.7 Å². The molecule has 1 unspecified atom stereocenters. The second-order valence-corrected chi connectivity index (χ2v) is 42.2. The van der Waals surface area contributed by atoms with E-state index in [1.807, 2.05) is 90.1 Å². The molecule has 0 radical (unpaired) electrons. The second kappa shape index (κ2) is 55.5. The number of rotatable bonds is 28. The Hall–Kier alpha value is -10.8. The van der Waals surface area contributed by atoms with E-state index in [9.17, 15) is 28.8 Å². The van der Waals surface area contributed by atoms with Gasteiger partial charge in [-0.15, -0.1) is 0 Å². The fourth-order valence-electron chi connectivity index (χ4n) is 20.9. The molecule has 1 atom stereocenters. The third-order valence-electron chi connectivity index (χ3n) is 30.0. The first-order chi connectivity index (χ1) is 68.4. The molecule has 0 amide bonds. The van der Waals surface area contributed by atoms with Crippen molar-refractivity contribution in [3.05, 3.63) is 207 Å². The molecule has 0 spiro atoms. The van der Waals surface area contributed by atoms with Crippen molar-refractivity contribution < 1.29 is 85.6 Å². The van der Waals surface area contributed by atoms with Gasteiger partial charge in [-0.3, -0.25) is 9.59 Å². The highest BCUT2D eigenvalue weighted by Crippen LogP contribution is 2.44. The summed E-state index contributed by atoms with van der Waals surface area (Å²) in [6.45, 7) is 40.4. The number of carbonyl (C=O) groups excluding carboxylic acids is 6. The van der Waals surface area contributed by atoms with E-state index >= 15 is 0 Å². The molecule has 6 heterocycles. The molecule has 6 saturated heterocycles. The molecular formula is C119H166N6O18. The van der Waals surface area contributed by atoms with Crippen LogP contribution in [-0.4, -0.2) is 191 Å². The summed E-state index contributed by atoms with van der Waals surface area (Å²) >= 11 is 0. The maximum atomic E-state index is 12.9. The van der Waals surface area contributed by atoms with Gasteiger partial charge in [0.1, 0.15) is 39.4 Å². The smallest absolute Gasteiger partial charge is 0.385 e. The number of aryl methyl sites for hydroxylation is 5. The van der Waals surface area contributed by atoms with Crippen molar-refractivity contribution in [3.8, 4) is 57.5 Å². The molecule has 7 aromatic rings. The van der Waals surface area contributed by atoms with Crippen LogP contribution in [0.1, 0.15) is 275 Å². The van der Waals surface area contributed by atoms with Crippen LogP contribution in [0.25, 0.3) is 17.2 Å². The molecule has 780 valence electrons. The fourth-order valence-corrected chi connectivity index (χ4v) is 20.9. The van der Waals surface area contributed by atoms with Crippen molar-refractivity contribution in [1.82, 2.24) is 31.9 Å². The van der Waals surface area contributed by atoms with E-state index in [4.69, 9.17) is 56.8 Å². The maximum Gasteiger partial charge on any atom is 0.385 e. The van der Waals surface area contributed by atoms with Gasteiger partial charge >= 0.3 is 35.8 Å². The summed E-state index contributed by atoms with van der Waals surface area (Å²) in [6.07, 6.45) is 25.5. The molecule has 15 rings (SSSR count). The second-order valence-electron chi connectivity index (χ2n) is 42.2. The molecular weight excluding hydrogens is 1800 g/mol. The summed E-state index contributed by atoms with van der Waals surface area (Å²) in [5.41, 5.74) is 10.8. The fraction of sp³-hybridized carbons (Fsp3) is 0.563. The zero-order chi connectivity index (χ0) is 103. The number of hydrogen-bond donors (Lipinski definition) is 6. The van der Waals surface area contributed by atoms with Crippen LogP contribution in [0.2, 0.25) is 0 Å². The Balaban J connectivity index is 0.000000176. The van der Waals surface area contributed by atoms with Crippen molar-refractivity contribution >= 4 is 41.9 Å². The third-order valence-corrected chi connectivity index (χ3v) is 30.0. The van der Waals surface area contributed by atoms with Gasteiger partial charge in [-0.1, -0.05) is 120 Å². The lowest BCUT2D eigenvalue weighted by atomic mass is 9.81. The summed E-state index contributed by atoms with van der Waals surface area (Å²) in [5, 5.41) is 20.1. The number of methoxy groups -OCH3 is 6. The molecule has 2 aliphatic carbocycles. The van der Waals surface area contributed by atoms with Gasteiger partial charge in [0.2, 0.25) is 5.75 Å². The van der Waals surface area contributed by atoms with E-state index in [1.165, 1.54) is 72.1 Å². The molecule has 0 bridgehead atoms. The van der Waals surface area contributed by atoms with Crippen LogP contribution in [0.3, 0.4) is 0 Å². The van der Waals surface area contributed by atoms with E-state index in [-0.39, 0.29) is 47.0 Å². The van der Waals surface area contributed by atoms with Crippen molar-refractivity contribution in [2.45, 2.75) is 278 Å². The molecule has 6 aliphatic heterocycles. The molecule has 6 N–H and O–H groups in total. The van der Waals surface area contributed by atoms with Gasteiger partial charge < -0.3 is 88.7 Å². The van der Waals surface area contributed by atoms with Crippen molar-refractivity contribution in [2.75, 3.05) is 121 Å². The lowest BCUT2D eigenvalue weighted by Crippen LogP contribution is -2.43.